The fraction of sp³-hybridized carbons (Fsp3) is 0.316. The van der Waals surface area contributed by atoms with Crippen molar-refractivity contribution in [1.82, 2.24) is 4.90 Å². The monoisotopic (exact) mass is 313 g/mol. The average molecular weight is 313 g/mol. The molecular weight excluding hydrogens is 290 g/mol. The number of benzene rings is 2. The summed E-state index contributed by atoms with van der Waals surface area (Å²) in [5.74, 6) is 0. The molecule has 0 saturated carbocycles. The first-order valence-electron chi connectivity index (χ1n) is 7.79. The Bertz CT molecular complexity index is 576. The number of likely N-dealkylation sites (N-methyl/N-ethyl adjacent to an activating group) is 1. The van der Waals surface area contributed by atoms with Gasteiger partial charge in [-0.25, -0.2) is 0 Å². The van der Waals surface area contributed by atoms with Gasteiger partial charge in [0.15, 0.2) is 5.05 Å². The standard InChI is InChI=1S/C19H23NOS/c1-3-20(4-2)14-15-21-19(22)18-12-10-17(11-13-18)16-8-6-5-7-9-16/h5-13H,3-4,14-15H2,1-2H3. The number of nitrogens with zero attached hydrogens (tertiary/aromatic N) is 1. The van der Waals surface area contributed by atoms with E-state index >= 15 is 0 Å². The maximum Gasteiger partial charge on any atom is 0.191 e. The Morgan fingerprint density at radius 3 is 2.09 bits per heavy atom. The fourth-order valence-electron chi connectivity index (χ4n) is 2.32. The van der Waals surface area contributed by atoms with Gasteiger partial charge in [0.05, 0.1) is 0 Å². The first-order valence-corrected chi connectivity index (χ1v) is 8.20. The van der Waals surface area contributed by atoms with Crippen molar-refractivity contribution in [2.75, 3.05) is 26.2 Å². The molecule has 2 rings (SSSR count). The molecule has 0 N–H and O–H groups in total. The molecule has 0 atom stereocenters. The van der Waals surface area contributed by atoms with E-state index in [0.717, 1.165) is 25.2 Å². The van der Waals surface area contributed by atoms with Gasteiger partial charge in [-0.3, -0.25) is 0 Å². The molecule has 0 bridgehead atoms. The van der Waals surface area contributed by atoms with Crippen LogP contribution >= 0.6 is 12.2 Å². The Kier molecular flexibility index (Phi) is 6.56. The average Bonchev–Trinajstić information content (AvgIpc) is 2.59. The van der Waals surface area contributed by atoms with E-state index in [0.29, 0.717) is 11.7 Å². The zero-order chi connectivity index (χ0) is 15.8. The van der Waals surface area contributed by atoms with Gasteiger partial charge < -0.3 is 9.64 Å². The molecule has 2 aromatic carbocycles. The number of thiocarbonyl (C=S) groups is 1. The SMILES string of the molecule is CCN(CC)CCOC(=S)c1ccc(-c2ccccc2)cc1. The lowest BCUT2D eigenvalue weighted by atomic mass is 10.0. The Morgan fingerprint density at radius 2 is 1.50 bits per heavy atom. The van der Waals surface area contributed by atoms with Crippen LogP contribution in [0.5, 0.6) is 0 Å². The molecule has 0 aliphatic heterocycles. The highest BCUT2D eigenvalue weighted by Gasteiger charge is 2.05. The van der Waals surface area contributed by atoms with Crippen LogP contribution in [0.2, 0.25) is 0 Å². The van der Waals surface area contributed by atoms with Crippen LogP contribution in [-0.2, 0) is 4.74 Å². The lowest BCUT2D eigenvalue weighted by Gasteiger charge is -2.18. The predicted molar refractivity (Wildman–Crippen MR) is 97.3 cm³/mol. The molecule has 3 heteroatoms. The summed E-state index contributed by atoms with van der Waals surface area (Å²) in [6, 6.07) is 18.6. The van der Waals surface area contributed by atoms with Crippen LogP contribution in [0, 0.1) is 0 Å². The second kappa shape index (κ2) is 8.66. The minimum atomic E-state index is 0.576. The van der Waals surface area contributed by atoms with Crippen molar-refractivity contribution in [2.45, 2.75) is 13.8 Å². The molecule has 0 spiro atoms. The number of ether oxygens (including phenoxy) is 1. The van der Waals surface area contributed by atoms with Gasteiger partial charge in [0, 0.05) is 12.1 Å². The highest BCUT2D eigenvalue weighted by atomic mass is 32.1. The summed E-state index contributed by atoms with van der Waals surface area (Å²) >= 11 is 5.36. The van der Waals surface area contributed by atoms with E-state index in [9.17, 15) is 0 Å². The van der Waals surface area contributed by atoms with Gasteiger partial charge in [-0.2, -0.15) is 0 Å². The third kappa shape index (κ3) is 4.65. The molecule has 2 nitrogen and oxygen atoms in total. The van der Waals surface area contributed by atoms with Crippen LogP contribution in [0.25, 0.3) is 11.1 Å². The highest BCUT2D eigenvalue weighted by Crippen LogP contribution is 2.19. The molecular formula is C19H23NOS. The third-order valence-electron chi connectivity index (χ3n) is 3.76. The van der Waals surface area contributed by atoms with Crippen LogP contribution in [0.4, 0.5) is 0 Å². The van der Waals surface area contributed by atoms with Crippen molar-refractivity contribution in [1.29, 1.82) is 0 Å². The van der Waals surface area contributed by atoms with E-state index in [2.05, 4.69) is 43.0 Å². The molecule has 22 heavy (non-hydrogen) atoms. The largest absolute Gasteiger partial charge is 0.482 e. The quantitative estimate of drug-likeness (QED) is 0.704. The Morgan fingerprint density at radius 1 is 0.909 bits per heavy atom. The maximum atomic E-state index is 5.70. The Labute approximate surface area is 138 Å². The van der Waals surface area contributed by atoms with Crippen LogP contribution in [0.3, 0.4) is 0 Å². The van der Waals surface area contributed by atoms with E-state index in [1.165, 1.54) is 11.1 Å². The molecule has 2 aromatic rings. The molecule has 0 saturated heterocycles. The normalized spacial score (nSPS) is 10.7. The van der Waals surface area contributed by atoms with Crippen molar-refractivity contribution >= 4 is 17.3 Å². The zero-order valence-electron chi connectivity index (χ0n) is 13.3. The van der Waals surface area contributed by atoms with E-state index < -0.39 is 0 Å². The first-order chi connectivity index (χ1) is 10.7. The van der Waals surface area contributed by atoms with Crippen LogP contribution in [0.15, 0.2) is 54.6 Å². The summed E-state index contributed by atoms with van der Waals surface area (Å²) in [6.07, 6.45) is 0. The van der Waals surface area contributed by atoms with Crippen LogP contribution in [-0.4, -0.2) is 36.2 Å². The smallest absolute Gasteiger partial charge is 0.191 e. The van der Waals surface area contributed by atoms with Crippen molar-refractivity contribution in [3.05, 3.63) is 60.2 Å². The van der Waals surface area contributed by atoms with Gasteiger partial charge in [0.1, 0.15) is 6.61 Å². The van der Waals surface area contributed by atoms with Crippen molar-refractivity contribution in [2.24, 2.45) is 0 Å². The molecule has 0 unspecified atom stereocenters. The Hall–Kier alpha value is -1.71. The molecule has 0 heterocycles. The Balaban J connectivity index is 1.91. The minimum absolute atomic E-state index is 0.576. The van der Waals surface area contributed by atoms with Gasteiger partial charge in [0.2, 0.25) is 0 Å². The summed E-state index contributed by atoms with van der Waals surface area (Å²) in [4.78, 5) is 2.32. The second-order valence-electron chi connectivity index (χ2n) is 5.11. The molecule has 0 aromatic heterocycles. The topological polar surface area (TPSA) is 12.5 Å². The summed E-state index contributed by atoms with van der Waals surface area (Å²) < 4.78 is 5.70. The third-order valence-corrected chi connectivity index (χ3v) is 4.12. The number of rotatable bonds is 7. The highest BCUT2D eigenvalue weighted by molar-refractivity contribution is 7.80. The van der Waals surface area contributed by atoms with Gasteiger partial charge in [-0.05, 0) is 48.6 Å². The number of hydrogen-bond donors (Lipinski definition) is 0. The van der Waals surface area contributed by atoms with Crippen molar-refractivity contribution in [3.63, 3.8) is 0 Å². The van der Waals surface area contributed by atoms with Gasteiger partial charge in [-0.15, -0.1) is 0 Å². The summed E-state index contributed by atoms with van der Waals surface area (Å²) in [7, 11) is 0. The molecule has 116 valence electrons. The minimum Gasteiger partial charge on any atom is -0.482 e. The lowest BCUT2D eigenvalue weighted by molar-refractivity contribution is 0.219. The molecule has 0 aliphatic rings. The molecule has 0 fully saturated rings. The maximum absolute atomic E-state index is 5.70. The fourth-order valence-corrected chi connectivity index (χ4v) is 2.54. The van der Waals surface area contributed by atoms with E-state index in [-0.39, 0.29) is 0 Å². The molecule has 0 amide bonds. The van der Waals surface area contributed by atoms with Gasteiger partial charge in [0.25, 0.3) is 0 Å². The van der Waals surface area contributed by atoms with E-state index in [4.69, 9.17) is 17.0 Å². The summed E-state index contributed by atoms with van der Waals surface area (Å²) in [6.45, 7) is 7.95. The molecule has 0 aliphatic carbocycles. The lowest BCUT2D eigenvalue weighted by Crippen LogP contribution is -2.27. The first kappa shape index (κ1) is 16.7. The van der Waals surface area contributed by atoms with Crippen LogP contribution in [0.1, 0.15) is 19.4 Å². The predicted octanol–water partition coefficient (Wildman–Crippen LogP) is 4.39. The zero-order valence-corrected chi connectivity index (χ0v) is 14.1. The summed E-state index contributed by atoms with van der Waals surface area (Å²) in [5, 5.41) is 0.576. The number of hydrogen-bond acceptors (Lipinski definition) is 3. The molecule has 0 radical (unpaired) electrons. The van der Waals surface area contributed by atoms with Gasteiger partial charge >= 0.3 is 0 Å². The van der Waals surface area contributed by atoms with E-state index in [1.807, 2.05) is 30.3 Å². The van der Waals surface area contributed by atoms with Crippen LogP contribution < -0.4 is 0 Å². The van der Waals surface area contributed by atoms with Crippen molar-refractivity contribution < 1.29 is 4.74 Å². The van der Waals surface area contributed by atoms with E-state index in [1.54, 1.807) is 0 Å². The van der Waals surface area contributed by atoms with Gasteiger partial charge in [-0.1, -0.05) is 56.3 Å². The summed E-state index contributed by atoms with van der Waals surface area (Å²) in [5.41, 5.74) is 3.37. The van der Waals surface area contributed by atoms with Crippen molar-refractivity contribution in [3.8, 4) is 11.1 Å². The second-order valence-corrected chi connectivity index (χ2v) is 5.48.